The number of furan rings is 1. The highest BCUT2D eigenvalue weighted by molar-refractivity contribution is 5.76. The van der Waals surface area contributed by atoms with Crippen LogP contribution in [-0.4, -0.2) is 0 Å². The van der Waals surface area contributed by atoms with Crippen LogP contribution in [0.15, 0.2) is 86.6 Å². The van der Waals surface area contributed by atoms with Crippen LogP contribution in [0.4, 0.5) is 0 Å². The second-order valence-corrected chi connectivity index (χ2v) is 4.25. The molecule has 0 saturated carbocycles. The van der Waals surface area contributed by atoms with Crippen LogP contribution in [0.5, 0.6) is 0 Å². The minimum atomic E-state index is -0.302. The van der Waals surface area contributed by atoms with Crippen LogP contribution < -0.4 is 5.63 Å². The SMILES string of the molecule is O=c1ccc2ccccc2o1.c1ccc2occc2c1. The van der Waals surface area contributed by atoms with E-state index in [1.165, 1.54) is 6.07 Å². The zero-order chi connectivity index (χ0) is 13.8. The van der Waals surface area contributed by atoms with Crippen LogP contribution in [0.3, 0.4) is 0 Å². The van der Waals surface area contributed by atoms with Crippen LogP contribution in [0.2, 0.25) is 0 Å². The van der Waals surface area contributed by atoms with Gasteiger partial charge >= 0.3 is 5.63 Å². The van der Waals surface area contributed by atoms with Crippen molar-refractivity contribution in [3.05, 3.63) is 83.4 Å². The molecule has 0 unspecified atom stereocenters. The fraction of sp³-hybridized carbons (Fsp3) is 0. The highest BCUT2D eigenvalue weighted by Gasteiger charge is 1.92. The van der Waals surface area contributed by atoms with Crippen molar-refractivity contribution in [2.75, 3.05) is 0 Å². The van der Waals surface area contributed by atoms with Crippen LogP contribution >= 0.6 is 0 Å². The number of fused-ring (bicyclic) bond motifs is 2. The third-order valence-electron chi connectivity index (χ3n) is 2.89. The van der Waals surface area contributed by atoms with Crippen LogP contribution in [-0.2, 0) is 0 Å². The summed E-state index contributed by atoms with van der Waals surface area (Å²) in [5.74, 6) is 0. The van der Waals surface area contributed by atoms with Crippen LogP contribution in [0, 0.1) is 0 Å². The molecular formula is C17H12O3. The lowest BCUT2D eigenvalue weighted by Gasteiger charge is -1.91. The average Bonchev–Trinajstić information content (AvgIpc) is 2.96. The monoisotopic (exact) mass is 264 g/mol. The smallest absolute Gasteiger partial charge is 0.336 e. The number of hydrogen-bond acceptors (Lipinski definition) is 3. The fourth-order valence-corrected chi connectivity index (χ4v) is 1.92. The fourth-order valence-electron chi connectivity index (χ4n) is 1.92. The minimum Gasteiger partial charge on any atom is -0.464 e. The molecule has 2 aromatic heterocycles. The highest BCUT2D eigenvalue weighted by Crippen LogP contribution is 2.12. The maximum Gasteiger partial charge on any atom is 0.336 e. The molecule has 0 aliphatic heterocycles. The minimum absolute atomic E-state index is 0.302. The van der Waals surface area contributed by atoms with Gasteiger partial charge in [-0.2, -0.15) is 0 Å². The summed E-state index contributed by atoms with van der Waals surface area (Å²) in [6.07, 6.45) is 1.70. The number of para-hydroxylation sites is 2. The summed E-state index contributed by atoms with van der Waals surface area (Å²) in [7, 11) is 0. The lowest BCUT2D eigenvalue weighted by atomic mass is 10.2. The first-order valence-electron chi connectivity index (χ1n) is 6.24. The molecule has 0 amide bonds. The summed E-state index contributed by atoms with van der Waals surface area (Å²) in [4.78, 5) is 10.7. The first-order chi connectivity index (χ1) is 9.83. The molecule has 0 spiro atoms. The molecule has 0 saturated heterocycles. The van der Waals surface area contributed by atoms with Gasteiger partial charge in [-0.25, -0.2) is 4.79 Å². The van der Waals surface area contributed by atoms with Crippen molar-refractivity contribution in [2.24, 2.45) is 0 Å². The number of rotatable bonds is 0. The topological polar surface area (TPSA) is 43.4 Å². The molecule has 0 aliphatic rings. The molecular weight excluding hydrogens is 252 g/mol. The molecule has 0 atom stereocenters. The molecule has 98 valence electrons. The average molecular weight is 264 g/mol. The molecule has 3 heteroatoms. The molecule has 4 rings (SSSR count). The van der Waals surface area contributed by atoms with E-state index in [2.05, 4.69) is 0 Å². The van der Waals surface area contributed by atoms with E-state index in [1.54, 1.807) is 18.4 Å². The van der Waals surface area contributed by atoms with E-state index in [4.69, 9.17) is 8.83 Å². The van der Waals surface area contributed by atoms with Gasteiger partial charge in [0.2, 0.25) is 0 Å². The van der Waals surface area contributed by atoms with Crippen molar-refractivity contribution in [3.8, 4) is 0 Å². The summed E-state index contributed by atoms with van der Waals surface area (Å²) >= 11 is 0. The van der Waals surface area contributed by atoms with E-state index in [-0.39, 0.29) is 5.63 Å². The molecule has 2 aromatic carbocycles. The van der Waals surface area contributed by atoms with Crippen LogP contribution in [0.25, 0.3) is 21.9 Å². The van der Waals surface area contributed by atoms with Gasteiger partial charge in [0.15, 0.2) is 0 Å². The normalized spacial score (nSPS) is 10.2. The largest absolute Gasteiger partial charge is 0.464 e. The predicted molar refractivity (Wildman–Crippen MR) is 78.7 cm³/mol. The zero-order valence-corrected chi connectivity index (χ0v) is 10.7. The Balaban J connectivity index is 0.000000123. The molecule has 20 heavy (non-hydrogen) atoms. The summed E-state index contributed by atoms with van der Waals surface area (Å²) in [6, 6.07) is 20.5. The molecule has 4 aromatic rings. The first kappa shape index (κ1) is 12.2. The maximum absolute atomic E-state index is 10.7. The molecule has 0 fully saturated rings. The second kappa shape index (κ2) is 5.45. The Hall–Kier alpha value is -2.81. The van der Waals surface area contributed by atoms with Gasteiger partial charge in [-0.3, -0.25) is 0 Å². The molecule has 3 nitrogen and oxygen atoms in total. The molecule has 2 heterocycles. The Kier molecular flexibility index (Phi) is 3.33. The van der Waals surface area contributed by atoms with Gasteiger partial charge in [0.05, 0.1) is 6.26 Å². The lowest BCUT2D eigenvalue weighted by molar-refractivity contribution is 0.561. The molecule has 0 bridgehead atoms. The summed E-state index contributed by atoms with van der Waals surface area (Å²) in [6.45, 7) is 0. The Labute approximate surface area is 115 Å². The maximum atomic E-state index is 10.7. The van der Waals surface area contributed by atoms with E-state index >= 15 is 0 Å². The van der Waals surface area contributed by atoms with Crippen molar-refractivity contribution in [3.63, 3.8) is 0 Å². The predicted octanol–water partition coefficient (Wildman–Crippen LogP) is 4.23. The van der Waals surface area contributed by atoms with Crippen LogP contribution in [0.1, 0.15) is 0 Å². The summed E-state index contributed by atoms with van der Waals surface area (Å²) < 4.78 is 10.0. The Morgan fingerprint density at radius 3 is 2.05 bits per heavy atom. The van der Waals surface area contributed by atoms with E-state index < -0.39 is 0 Å². The Bertz CT molecular complexity index is 857. The third-order valence-corrected chi connectivity index (χ3v) is 2.89. The summed E-state index contributed by atoms with van der Waals surface area (Å²) in [5, 5.41) is 2.12. The number of benzene rings is 2. The van der Waals surface area contributed by atoms with Gasteiger partial charge in [-0.05, 0) is 24.3 Å². The first-order valence-corrected chi connectivity index (χ1v) is 6.24. The van der Waals surface area contributed by atoms with Gasteiger partial charge in [0, 0.05) is 16.8 Å². The molecule has 0 aliphatic carbocycles. The standard InChI is InChI=1S/C9H6O2.C8H6O/c10-9-6-5-7-3-1-2-4-8(7)11-9;1-2-4-8-7(3-1)5-6-9-8/h1-6H;1-6H. The van der Waals surface area contributed by atoms with Crippen molar-refractivity contribution in [2.45, 2.75) is 0 Å². The number of hydrogen-bond donors (Lipinski definition) is 0. The quantitative estimate of drug-likeness (QED) is 0.446. The van der Waals surface area contributed by atoms with E-state index in [1.807, 2.05) is 48.5 Å². The third kappa shape index (κ3) is 2.62. The van der Waals surface area contributed by atoms with Gasteiger partial charge in [0.1, 0.15) is 11.2 Å². The van der Waals surface area contributed by atoms with Gasteiger partial charge in [-0.1, -0.05) is 36.4 Å². The molecule has 0 radical (unpaired) electrons. The van der Waals surface area contributed by atoms with E-state index in [0.717, 1.165) is 16.4 Å². The zero-order valence-electron chi connectivity index (χ0n) is 10.7. The van der Waals surface area contributed by atoms with E-state index in [9.17, 15) is 4.79 Å². The Morgan fingerprint density at radius 1 is 0.650 bits per heavy atom. The second-order valence-electron chi connectivity index (χ2n) is 4.25. The van der Waals surface area contributed by atoms with Gasteiger partial charge in [-0.15, -0.1) is 0 Å². The van der Waals surface area contributed by atoms with Crippen molar-refractivity contribution < 1.29 is 8.83 Å². The van der Waals surface area contributed by atoms with Crippen molar-refractivity contribution in [1.82, 2.24) is 0 Å². The van der Waals surface area contributed by atoms with Gasteiger partial charge < -0.3 is 8.83 Å². The molecule has 0 N–H and O–H groups in total. The van der Waals surface area contributed by atoms with E-state index in [0.29, 0.717) is 5.58 Å². The van der Waals surface area contributed by atoms with Crippen molar-refractivity contribution in [1.29, 1.82) is 0 Å². The Morgan fingerprint density at radius 2 is 1.30 bits per heavy atom. The highest BCUT2D eigenvalue weighted by atomic mass is 16.4. The van der Waals surface area contributed by atoms with Crippen molar-refractivity contribution >= 4 is 21.9 Å². The van der Waals surface area contributed by atoms with Gasteiger partial charge in [0.25, 0.3) is 0 Å². The summed E-state index contributed by atoms with van der Waals surface area (Å²) in [5.41, 5.74) is 1.29. The lowest BCUT2D eigenvalue weighted by Crippen LogP contribution is -1.93.